The molecule has 1 atom stereocenters. The van der Waals surface area contributed by atoms with Crippen molar-refractivity contribution in [2.75, 3.05) is 13.7 Å². The first kappa shape index (κ1) is 18.5. The molecular weight excluding hydrogens is 258 g/mol. The number of hydrogen-bond acceptors (Lipinski definition) is 4. The van der Waals surface area contributed by atoms with Gasteiger partial charge in [-0.2, -0.15) is 0 Å². The predicted octanol–water partition coefficient (Wildman–Crippen LogP) is 3.49. The van der Waals surface area contributed by atoms with Gasteiger partial charge < -0.3 is 9.47 Å². The summed E-state index contributed by atoms with van der Waals surface area (Å²) in [6, 6.07) is -0.664. The van der Waals surface area contributed by atoms with Crippen LogP contribution < -0.4 is 0 Å². The van der Waals surface area contributed by atoms with Gasteiger partial charge >= 0.3 is 12.1 Å². The predicted molar refractivity (Wildman–Crippen MR) is 78.2 cm³/mol. The van der Waals surface area contributed by atoms with Gasteiger partial charge in [0.1, 0.15) is 6.04 Å². The second-order valence-electron chi connectivity index (χ2n) is 4.77. The zero-order chi connectivity index (χ0) is 15.4. The van der Waals surface area contributed by atoms with Crippen LogP contribution in [0.5, 0.6) is 0 Å². The topological polar surface area (TPSA) is 55.8 Å². The van der Waals surface area contributed by atoms with Gasteiger partial charge in [-0.05, 0) is 13.3 Å². The van der Waals surface area contributed by atoms with Gasteiger partial charge in [-0.1, -0.05) is 45.6 Å². The molecule has 5 heteroatoms. The third-order valence-corrected chi connectivity index (χ3v) is 3.14. The van der Waals surface area contributed by atoms with Crippen LogP contribution in [0, 0.1) is 0 Å². The number of carbonyl (C=O) groups is 2. The van der Waals surface area contributed by atoms with E-state index in [1.165, 1.54) is 37.6 Å². The molecular formula is C15H27NO4. The molecule has 1 amide bonds. The van der Waals surface area contributed by atoms with Crippen LogP contribution in [0.1, 0.15) is 52.4 Å². The number of rotatable bonds is 10. The van der Waals surface area contributed by atoms with E-state index >= 15 is 0 Å². The summed E-state index contributed by atoms with van der Waals surface area (Å²) in [6.45, 7) is 7.48. The highest BCUT2D eigenvalue weighted by Gasteiger charge is 2.24. The molecule has 0 saturated heterocycles. The fourth-order valence-corrected chi connectivity index (χ4v) is 1.65. The van der Waals surface area contributed by atoms with E-state index in [-0.39, 0.29) is 0 Å². The first-order valence-electron chi connectivity index (χ1n) is 7.25. The Morgan fingerprint density at radius 1 is 1.20 bits per heavy atom. The average Bonchev–Trinajstić information content (AvgIpc) is 2.44. The minimum absolute atomic E-state index is 0.402. The van der Waals surface area contributed by atoms with Gasteiger partial charge in [0, 0.05) is 7.05 Å². The van der Waals surface area contributed by atoms with Crippen molar-refractivity contribution in [3.63, 3.8) is 0 Å². The van der Waals surface area contributed by atoms with Crippen molar-refractivity contribution in [2.24, 2.45) is 0 Å². The fraction of sp³-hybridized carbons (Fsp3) is 0.733. The molecule has 116 valence electrons. The van der Waals surface area contributed by atoms with Crippen molar-refractivity contribution < 1.29 is 19.1 Å². The van der Waals surface area contributed by atoms with Crippen molar-refractivity contribution in [1.82, 2.24) is 4.90 Å². The molecule has 0 saturated carbocycles. The van der Waals surface area contributed by atoms with Gasteiger partial charge in [-0.3, -0.25) is 4.90 Å². The average molecular weight is 285 g/mol. The van der Waals surface area contributed by atoms with E-state index in [0.717, 1.165) is 19.1 Å². The second-order valence-corrected chi connectivity index (χ2v) is 4.77. The van der Waals surface area contributed by atoms with Gasteiger partial charge in [0.15, 0.2) is 0 Å². The molecule has 0 N–H and O–H groups in total. The van der Waals surface area contributed by atoms with Gasteiger partial charge in [0.05, 0.1) is 12.9 Å². The van der Waals surface area contributed by atoms with Gasteiger partial charge in [-0.15, -0.1) is 0 Å². The lowest BCUT2D eigenvalue weighted by molar-refractivity contribution is -0.148. The number of amides is 1. The quantitative estimate of drug-likeness (QED) is 0.350. The van der Waals surface area contributed by atoms with Crippen molar-refractivity contribution in [3.8, 4) is 0 Å². The van der Waals surface area contributed by atoms with Crippen molar-refractivity contribution >= 4 is 12.1 Å². The van der Waals surface area contributed by atoms with Crippen LogP contribution in [0.4, 0.5) is 4.79 Å². The van der Waals surface area contributed by atoms with Crippen molar-refractivity contribution in [2.45, 2.75) is 58.4 Å². The van der Waals surface area contributed by atoms with Crippen molar-refractivity contribution in [1.29, 1.82) is 0 Å². The molecule has 0 rings (SSSR count). The molecule has 0 fully saturated rings. The molecule has 0 aliphatic heterocycles. The zero-order valence-corrected chi connectivity index (χ0v) is 12.9. The number of likely N-dealkylation sites (N-methyl/N-ethyl adjacent to an activating group) is 1. The minimum atomic E-state index is -0.664. The lowest BCUT2D eigenvalue weighted by atomic mass is 10.1. The van der Waals surface area contributed by atoms with Crippen molar-refractivity contribution in [3.05, 3.63) is 12.8 Å². The molecule has 0 aliphatic carbocycles. The van der Waals surface area contributed by atoms with E-state index in [1.54, 1.807) is 6.92 Å². The van der Waals surface area contributed by atoms with Crippen LogP contribution >= 0.6 is 0 Å². The molecule has 0 heterocycles. The summed E-state index contributed by atoms with van der Waals surface area (Å²) in [4.78, 5) is 24.3. The fourth-order valence-electron chi connectivity index (χ4n) is 1.65. The zero-order valence-electron chi connectivity index (χ0n) is 12.9. The Morgan fingerprint density at radius 3 is 2.40 bits per heavy atom. The molecule has 0 aromatic carbocycles. The first-order valence-corrected chi connectivity index (χ1v) is 7.25. The van der Waals surface area contributed by atoms with E-state index in [2.05, 4.69) is 18.2 Å². The molecule has 0 aromatic rings. The maximum absolute atomic E-state index is 11.7. The molecule has 5 nitrogen and oxygen atoms in total. The van der Waals surface area contributed by atoms with Crippen LogP contribution in [-0.4, -0.2) is 36.7 Å². The Morgan fingerprint density at radius 2 is 1.80 bits per heavy atom. The van der Waals surface area contributed by atoms with Crippen LogP contribution in [0.2, 0.25) is 0 Å². The highest BCUT2D eigenvalue weighted by molar-refractivity contribution is 5.80. The van der Waals surface area contributed by atoms with E-state index in [9.17, 15) is 9.59 Å². The number of nitrogens with zero attached hydrogens (tertiary/aromatic N) is 1. The second kappa shape index (κ2) is 11.3. The monoisotopic (exact) mass is 285 g/mol. The maximum Gasteiger partial charge on any atom is 0.415 e. The third kappa shape index (κ3) is 7.81. The summed E-state index contributed by atoms with van der Waals surface area (Å²) in [5, 5.41) is 0. The summed E-state index contributed by atoms with van der Waals surface area (Å²) in [5.41, 5.74) is 0. The summed E-state index contributed by atoms with van der Waals surface area (Å²) in [6.07, 6.45) is 7.23. The summed E-state index contributed by atoms with van der Waals surface area (Å²) >= 11 is 0. The lowest BCUT2D eigenvalue weighted by Gasteiger charge is -2.21. The van der Waals surface area contributed by atoms with Gasteiger partial charge in [-0.25, -0.2) is 9.59 Å². The van der Waals surface area contributed by atoms with E-state index < -0.39 is 18.1 Å². The van der Waals surface area contributed by atoms with Crippen LogP contribution in [0.25, 0.3) is 0 Å². The number of esters is 1. The van der Waals surface area contributed by atoms with Crippen LogP contribution in [0.15, 0.2) is 12.8 Å². The standard InChI is InChI=1S/C15H27NO4/c1-5-7-8-9-10-11-12-20-14(17)13(3)16(4)15(18)19-6-2/h6,13H,2,5,7-12H2,1,3-4H3. The normalized spacial score (nSPS) is 11.6. The first-order chi connectivity index (χ1) is 9.54. The Kier molecular flexibility index (Phi) is 10.5. The lowest BCUT2D eigenvalue weighted by Crippen LogP contribution is -2.41. The summed E-state index contributed by atoms with van der Waals surface area (Å²) in [7, 11) is 1.49. The molecule has 0 aromatic heterocycles. The molecule has 1 unspecified atom stereocenters. The molecule has 0 bridgehead atoms. The number of hydrogen-bond donors (Lipinski definition) is 0. The van der Waals surface area contributed by atoms with E-state index in [4.69, 9.17) is 4.74 Å². The molecule has 0 spiro atoms. The Bertz CT molecular complexity index is 304. The Labute approximate surface area is 121 Å². The number of carbonyl (C=O) groups excluding carboxylic acids is 2. The molecule has 20 heavy (non-hydrogen) atoms. The van der Waals surface area contributed by atoms with E-state index in [0.29, 0.717) is 6.61 Å². The van der Waals surface area contributed by atoms with Gasteiger partial charge in [0.2, 0.25) is 0 Å². The Balaban J connectivity index is 3.79. The molecule has 0 radical (unpaired) electrons. The molecule has 0 aliphatic rings. The largest absolute Gasteiger partial charge is 0.464 e. The van der Waals surface area contributed by atoms with Crippen LogP contribution in [-0.2, 0) is 14.3 Å². The summed E-state index contributed by atoms with van der Waals surface area (Å²) in [5.74, 6) is -0.415. The summed E-state index contributed by atoms with van der Waals surface area (Å²) < 4.78 is 9.74. The van der Waals surface area contributed by atoms with E-state index in [1.807, 2.05) is 0 Å². The highest BCUT2D eigenvalue weighted by atomic mass is 16.6. The Hall–Kier alpha value is -1.52. The highest BCUT2D eigenvalue weighted by Crippen LogP contribution is 2.06. The number of ether oxygens (including phenoxy) is 2. The third-order valence-electron chi connectivity index (χ3n) is 3.14. The SMILES string of the molecule is C=COC(=O)N(C)C(C)C(=O)OCCCCCCCC. The smallest absolute Gasteiger partial charge is 0.415 e. The van der Waals surface area contributed by atoms with Crippen LogP contribution in [0.3, 0.4) is 0 Å². The minimum Gasteiger partial charge on any atom is -0.464 e. The van der Waals surface area contributed by atoms with Gasteiger partial charge in [0.25, 0.3) is 0 Å². The maximum atomic E-state index is 11.7. The number of unbranched alkanes of at least 4 members (excludes halogenated alkanes) is 5.